The average Bonchev–Trinajstić information content (AvgIpc) is 2.87. The molecule has 0 bridgehead atoms. The number of nitrogens with two attached hydrogens (primary N) is 1. The number of rotatable bonds is 5. The van der Waals surface area contributed by atoms with Crippen molar-refractivity contribution in [3.8, 4) is 11.8 Å². The van der Waals surface area contributed by atoms with Gasteiger partial charge in [0, 0.05) is 30.1 Å². The lowest BCUT2D eigenvalue weighted by Crippen LogP contribution is -2.42. The van der Waals surface area contributed by atoms with Crippen LogP contribution < -0.4 is 11.1 Å². The molecule has 0 saturated heterocycles. The number of amides is 1. The maximum atomic E-state index is 11.9. The molecule has 4 N–H and O–H groups in total. The number of carbonyl (C=O) groups excluding carboxylic acids is 1. The van der Waals surface area contributed by atoms with E-state index in [9.17, 15) is 4.79 Å². The minimum absolute atomic E-state index is 0.131. The molecule has 0 aliphatic carbocycles. The lowest BCUT2D eigenvalue weighted by molar-refractivity contribution is -0.122. The van der Waals surface area contributed by atoms with Crippen molar-refractivity contribution in [2.45, 2.75) is 25.8 Å². The fourth-order valence-electron chi connectivity index (χ4n) is 2.13. The molecule has 104 valence electrons. The first kappa shape index (κ1) is 14.2. The third-order valence-electron chi connectivity index (χ3n) is 3.18. The number of aromatic nitrogens is 1. The van der Waals surface area contributed by atoms with E-state index in [2.05, 4.69) is 22.1 Å². The van der Waals surface area contributed by atoms with Gasteiger partial charge in [-0.25, -0.2) is 0 Å². The van der Waals surface area contributed by atoms with E-state index in [4.69, 9.17) is 5.73 Å². The fraction of sp³-hybridized carbons (Fsp3) is 0.312. The number of aromatic amines is 1. The molecule has 0 saturated carbocycles. The lowest BCUT2D eigenvalue weighted by atomic mass is 10.1. The van der Waals surface area contributed by atoms with Gasteiger partial charge >= 0.3 is 0 Å². The van der Waals surface area contributed by atoms with Gasteiger partial charge < -0.3 is 16.0 Å². The van der Waals surface area contributed by atoms with E-state index in [1.165, 1.54) is 0 Å². The Morgan fingerprint density at radius 3 is 3.05 bits per heavy atom. The van der Waals surface area contributed by atoms with Gasteiger partial charge in [0.2, 0.25) is 5.91 Å². The van der Waals surface area contributed by atoms with Crippen LogP contribution in [0.15, 0.2) is 30.5 Å². The summed E-state index contributed by atoms with van der Waals surface area (Å²) in [6.45, 7) is 2.33. The number of hydrogen-bond donors (Lipinski definition) is 3. The minimum Gasteiger partial charge on any atom is -0.361 e. The number of H-pyrrole nitrogens is 1. The summed E-state index contributed by atoms with van der Waals surface area (Å²) in [6, 6.07) is 7.46. The second-order valence-electron chi connectivity index (χ2n) is 4.64. The van der Waals surface area contributed by atoms with Gasteiger partial charge in [-0.3, -0.25) is 4.79 Å². The average molecular weight is 269 g/mol. The summed E-state index contributed by atoms with van der Waals surface area (Å²) in [4.78, 5) is 15.1. The molecule has 0 aliphatic heterocycles. The van der Waals surface area contributed by atoms with Crippen molar-refractivity contribution in [2.75, 3.05) is 6.54 Å². The topological polar surface area (TPSA) is 70.9 Å². The van der Waals surface area contributed by atoms with E-state index >= 15 is 0 Å². The quantitative estimate of drug-likeness (QED) is 0.569. The van der Waals surface area contributed by atoms with Crippen LogP contribution in [0.3, 0.4) is 0 Å². The third kappa shape index (κ3) is 3.40. The molecule has 1 aromatic heterocycles. The van der Waals surface area contributed by atoms with Crippen LogP contribution in [-0.4, -0.2) is 23.5 Å². The highest BCUT2D eigenvalue weighted by molar-refractivity contribution is 5.86. The highest BCUT2D eigenvalue weighted by atomic mass is 16.2. The van der Waals surface area contributed by atoms with Crippen LogP contribution in [0, 0.1) is 11.8 Å². The molecular weight excluding hydrogens is 250 g/mol. The molecule has 1 amide bonds. The standard InChI is InChI=1S/C16H19N3O/c1-2-3-6-9-18-16(20)14(17)10-12-11-19-15-8-5-4-7-13(12)15/h4-5,7-8,11,14,19H,6,9-10,17H2,1H3,(H,18,20)/t14-/m1/s1. The Kier molecular flexibility index (Phi) is 4.80. The molecule has 4 heteroatoms. The van der Waals surface area contributed by atoms with Crippen LogP contribution in [-0.2, 0) is 11.2 Å². The first-order valence-corrected chi connectivity index (χ1v) is 6.70. The van der Waals surface area contributed by atoms with Crippen molar-refractivity contribution in [1.29, 1.82) is 0 Å². The first-order valence-electron chi connectivity index (χ1n) is 6.70. The highest BCUT2D eigenvalue weighted by Gasteiger charge is 2.15. The fourth-order valence-corrected chi connectivity index (χ4v) is 2.13. The van der Waals surface area contributed by atoms with Crippen molar-refractivity contribution < 1.29 is 4.79 Å². The second kappa shape index (κ2) is 6.78. The maximum Gasteiger partial charge on any atom is 0.237 e. The molecule has 20 heavy (non-hydrogen) atoms. The zero-order valence-electron chi connectivity index (χ0n) is 11.6. The number of fused-ring (bicyclic) bond motifs is 1. The minimum atomic E-state index is -0.538. The second-order valence-corrected chi connectivity index (χ2v) is 4.64. The van der Waals surface area contributed by atoms with E-state index in [1.807, 2.05) is 30.5 Å². The molecule has 2 aromatic rings. The van der Waals surface area contributed by atoms with Gasteiger partial charge in [0.1, 0.15) is 0 Å². The van der Waals surface area contributed by atoms with Crippen molar-refractivity contribution >= 4 is 16.8 Å². The number of benzene rings is 1. The normalized spacial score (nSPS) is 11.7. The number of para-hydroxylation sites is 1. The molecule has 4 nitrogen and oxygen atoms in total. The van der Waals surface area contributed by atoms with Crippen LogP contribution in [0.2, 0.25) is 0 Å². The zero-order chi connectivity index (χ0) is 14.4. The molecule has 1 aromatic carbocycles. The van der Waals surface area contributed by atoms with Crippen molar-refractivity contribution in [3.63, 3.8) is 0 Å². The van der Waals surface area contributed by atoms with Crippen LogP contribution in [0.5, 0.6) is 0 Å². The maximum absolute atomic E-state index is 11.9. The van der Waals surface area contributed by atoms with Gasteiger partial charge in [-0.15, -0.1) is 11.8 Å². The van der Waals surface area contributed by atoms with Crippen molar-refractivity contribution in [1.82, 2.24) is 10.3 Å². The summed E-state index contributed by atoms with van der Waals surface area (Å²) in [6.07, 6.45) is 3.09. The zero-order valence-corrected chi connectivity index (χ0v) is 11.6. The summed E-state index contributed by atoms with van der Waals surface area (Å²) in [7, 11) is 0. The van der Waals surface area contributed by atoms with Gasteiger partial charge in [-0.2, -0.15) is 0 Å². The highest BCUT2D eigenvalue weighted by Crippen LogP contribution is 2.18. The van der Waals surface area contributed by atoms with Gasteiger partial charge in [0.05, 0.1) is 6.04 Å². The molecule has 2 rings (SSSR count). The van der Waals surface area contributed by atoms with E-state index in [1.54, 1.807) is 6.92 Å². The van der Waals surface area contributed by atoms with Gasteiger partial charge in [-0.05, 0) is 25.0 Å². The third-order valence-corrected chi connectivity index (χ3v) is 3.18. The Bertz CT molecular complexity index is 648. The molecule has 0 spiro atoms. The van der Waals surface area contributed by atoms with Crippen molar-refractivity contribution in [3.05, 3.63) is 36.0 Å². The van der Waals surface area contributed by atoms with E-state index in [-0.39, 0.29) is 5.91 Å². The summed E-state index contributed by atoms with van der Waals surface area (Å²) < 4.78 is 0. The summed E-state index contributed by atoms with van der Waals surface area (Å²) in [5.74, 6) is 5.56. The SMILES string of the molecule is CC#CCCNC(=O)[C@H](N)Cc1c[nH]c2ccccc12. The molecular formula is C16H19N3O. The van der Waals surface area contributed by atoms with E-state index in [0.717, 1.165) is 16.5 Å². The molecule has 0 fully saturated rings. The molecule has 0 unspecified atom stereocenters. The van der Waals surface area contributed by atoms with Crippen molar-refractivity contribution in [2.24, 2.45) is 5.73 Å². The predicted octanol–water partition coefficient (Wildman–Crippen LogP) is 1.57. The Hall–Kier alpha value is -2.25. The largest absolute Gasteiger partial charge is 0.361 e. The van der Waals surface area contributed by atoms with Crippen LogP contribution in [0.1, 0.15) is 18.9 Å². The van der Waals surface area contributed by atoms with Crippen LogP contribution in [0.4, 0.5) is 0 Å². The smallest absolute Gasteiger partial charge is 0.237 e. The van der Waals surface area contributed by atoms with E-state index in [0.29, 0.717) is 19.4 Å². The Balaban J connectivity index is 1.94. The van der Waals surface area contributed by atoms with Crippen LogP contribution >= 0.6 is 0 Å². The molecule has 1 heterocycles. The number of carbonyl (C=O) groups is 1. The van der Waals surface area contributed by atoms with E-state index < -0.39 is 6.04 Å². The Labute approximate surface area is 118 Å². The Morgan fingerprint density at radius 1 is 1.45 bits per heavy atom. The number of hydrogen-bond acceptors (Lipinski definition) is 2. The lowest BCUT2D eigenvalue weighted by Gasteiger charge is -2.11. The Morgan fingerprint density at radius 2 is 2.25 bits per heavy atom. The molecule has 1 atom stereocenters. The summed E-state index contributed by atoms with van der Waals surface area (Å²) in [5.41, 5.74) is 8.08. The monoisotopic (exact) mass is 269 g/mol. The van der Waals surface area contributed by atoms with Crippen LogP contribution in [0.25, 0.3) is 10.9 Å². The van der Waals surface area contributed by atoms with Gasteiger partial charge in [0.25, 0.3) is 0 Å². The molecule has 0 radical (unpaired) electrons. The van der Waals surface area contributed by atoms with Gasteiger partial charge in [0.15, 0.2) is 0 Å². The van der Waals surface area contributed by atoms with Gasteiger partial charge in [-0.1, -0.05) is 18.2 Å². The molecule has 0 aliphatic rings. The number of nitrogens with one attached hydrogen (secondary N) is 2. The summed E-state index contributed by atoms with van der Waals surface area (Å²) in [5, 5.41) is 3.92. The predicted molar refractivity (Wildman–Crippen MR) is 81.1 cm³/mol. The summed E-state index contributed by atoms with van der Waals surface area (Å²) >= 11 is 0. The first-order chi connectivity index (χ1) is 9.72.